The Morgan fingerprint density at radius 3 is 2.65 bits per heavy atom. The molecule has 26 heavy (non-hydrogen) atoms. The molecule has 2 rings (SSSR count). The lowest BCUT2D eigenvalue weighted by atomic mass is 9.85. The Morgan fingerprint density at radius 1 is 1.27 bits per heavy atom. The van der Waals surface area contributed by atoms with Crippen LogP contribution < -0.4 is 5.32 Å². The molecule has 148 valence electrons. The summed E-state index contributed by atoms with van der Waals surface area (Å²) in [4.78, 5) is 6.82. The van der Waals surface area contributed by atoms with E-state index < -0.39 is 0 Å². The number of hydrogen-bond donors (Lipinski definition) is 1. The van der Waals surface area contributed by atoms with E-state index in [1.807, 2.05) is 7.05 Å². The van der Waals surface area contributed by atoms with Gasteiger partial charge in [-0.1, -0.05) is 44.2 Å². The molecule has 1 saturated heterocycles. The summed E-state index contributed by atoms with van der Waals surface area (Å²) in [6, 6.07) is 10.6. The van der Waals surface area contributed by atoms with Crippen LogP contribution in [0.3, 0.4) is 0 Å². The van der Waals surface area contributed by atoms with Crippen molar-refractivity contribution in [3.8, 4) is 0 Å². The topological polar surface area (TPSA) is 46.1 Å². The van der Waals surface area contributed by atoms with Crippen molar-refractivity contribution in [2.24, 2.45) is 10.9 Å². The van der Waals surface area contributed by atoms with Crippen LogP contribution >= 0.6 is 24.0 Å². The molecule has 1 aliphatic rings. The molecular formula is C20H34IN3O2. The minimum atomic E-state index is 0. The maximum absolute atomic E-state index is 5.68. The summed E-state index contributed by atoms with van der Waals surface area (Å²) in [7, 11) is 3.56. The number of benzene rings is 1. The lowest BCUT2D eigenvalue weighted by molar-refractivity contribution is 0.0536. The normalized spacial score (nSPS) is 17.9. The number of likely N-dealkylation sites (tertiary alicyclic amines) is 1. The molecule has 0 aromatic heterocycles. The zero-order valence-electron chi connectivity index (χ0n) is 16.5. The Balaban J connectivity index is 0.00000338. The number of aliphatic imine (C=N–C) groups is 1. The number of nitrogens with one attached hydrogen (secondary N) is 1. The molecule has 1 heterocycles. The molecular weight excluding hydrogens is 441 g/mol. The van der Waals surface area contributed by atoms with Crippen molar-refractivity contribution in [1.82, 2.24) is 10.2 Å². The van der Waals surface area contributed by atoms with E-state index >= 15 is 0 Å². The van der Waals surface area contributed by atoms with Gasteiger partial charge in [0.2, 0.25) is 0 Å². The highest BCUT2D eigenvalue weighted by Gasteiger charge is 2.27. The predicted molar refractivity (Wildman–Crippen MR) is 119 cm³/mol. The van der Waals surface area contributed by atoms with Gasteiger partial charge in [-0.25, -0.2) is 0 Å². The van der Waals surface area contributed by atoms with Crippen LogP contribution in [0.5, 0.6) is 0 Å². The summed E-state index contributed by atoms with van der Waals surface area (Å²) in [5.74, 6) is 1.56. The molecule has 0 saturated carbocycles. The van der Waals surface area contributed by atoms with Crippen LogP contribution in [0.15, 0.2) is 35.3 Å². The highest BCUT2D eigenvalue weighted by molar-refractivity contribution is 14.0. The molecule has 0 spiro atoms. The fraction of sp³-hybridized carbons (Fsp3) is 0.650. The highest BCUT2D eigenvalue weighted by Crippen LogP contribution is 2.22. The minimum Gasteiger partial charge on any atom is -0.382 e. The average molecular weight is 475 g/mol. The number of ether oxygens (including phenoxy) is 2. The first-order valence-electron chi connectivity index (χ1n) is 9.14. The van der Waals surface area contributed by atoms with Gasteiger partial charge in [-0.2, -0.15) is 0 Å². The van der Waals surface area contributed by atoms with E-state index in [2.05, 4.69) is 59.4 Å². The summed E-state index contributed by atoms with van der Waals surface area (Å²) >= 11 is 0. The van der Waals surface area contributed by atoms with Crippen molar-refractivity contribution >= 4 is 29.9 Å². The lowest BCUT2D eigenvalue weighted by Crippen LogP contribution is -2.45. The molecule has 0 radical (unpaired) electrons. The molecule has 0 bridgehead atoms. The first kappa shape index (κ1) is 23.2. The van der Waals surface area contributed by atoms with E-state index in [-0.39, 0.29) is 29.4 Å². The SMILES string of the molecule is CN=C(NCC(C)(C)c1ccccc1)N1CCC(COCCOC)C1.I. The van der Waals surface area contributed by atoms with Gasteiger partial charge in [-0.05, 0) is 12.0 Å². The largest absolute Gasteiger partial charge is 0.382 e. The Bertz CT molecular complexity index is 537. The van der Waals surface area contributed by atoms with E-state index in [9.17, 15) is 0 Å². The molecule has 1 aromatic rings. The number of rotatable bonds is 8. The maximum Gasteiger partial charge on any atom is 0.193 e. The van der Waals surface area contributed by atoms with Gasteiger partial charge < -0.3 is 19.7 Å². The third kappa shape index (κ3) is 7.04. The Kier molecular flexibility index (Phi) is 10.5. The molecule has 0 aliphatic carbocycles. The predicted octanol–water partition coefficient (Wildman–Crippen LogP) is 3.14. The molecule has 6 heteroatoms. The number of guanidine groups is 1. The van der Waals surface area contributed by atoms with E-state index in [0.29, 0.717) is 19.1 Å². The van der Waals surface area contributed by atoms with Crippen molar-refractivity contribution in [2.75, 3.05) is 53.6 Å². The molecule has 0 amide bonds. The summed E-state index contributed by atoms with van der Waals surface area (Å²) in [6.07, 6.45) is 1.15. The van der Waals surface area contributed by atoms with Crippen molar-refractivity contribution in [3.63, 3.8) is 0 Å². The second kappa shape index (κ2) is 11.8. The Labute approximate surface area is 175 Å². The third-order valence-corrected chi connectivity index (χ3v) is 4.83. The standard InChI is InChI=1S/C20H33N3O2.HI/c1-20(2,18-8-6-5-7-9-18)16-22-19(21-3)23-11-10-17(14-23)15-25-13-12-24-4;/h5-9,17H,10-16H2,1-4H3,(H,21,22);1H. The van der Waals surface area contributed by atoms with Crippen molar-refractivity contribution in [1.29, 1.82) is 0 Å². The van der Waals surface area contributed by atoms with E-state index in [1.54, 1.807) is 7.11 Å². The van der Waals surface area contributed by atoms with Gasteiger partial charge >= 0.3 is 0 Å². The first-order valence-corrected chi connectivity index (χ1v) is 9.14. The molecule has 1 fully saturated rings. The molecule has 1 atom stereocenters. The fourth-order valence-electron chi connectivity index (χ4n) is 3.18. The number of nitrogens with zero attached hydrogens (tertiary/aromatic N) is 2. The Hall–Kier alpha value is -0.860. The smallest absolute Gasteiger partial charge is 0.193 e. The van der Waals surface area contributed by atoms with Crippen LogP contribution in [0.25, 0.3) is 0 Å². The lowest BCUT2D eigenvalue weighted by Gasteiger charge is -2.29. The van der Waals surface area contributed by atoms with Crippen LogP contribution in [0.1, 0.15) is 25.8 Å². The minimum absolute atomic E-state index is 0. The van der Waals surface area contributed by atoms with Crippen molar-refractivity contribution in [2.45, 2.75) is 25.7 Å². The summed E-state index contributed by atoms with van der Waals surface area (Å²) in [6.45, 7) is 9.54. The van der Waals surface area contributed by atoms with E-state index in [0.717, 1.165) is 38.6 Å². The van der Waals surface area contributed by atoms with Crippen LogP contribution in [0.4, 0.5) is 0 Å². The van der Waals surface area contributed by atoms with Crippen LogP contribution in [-0.2, 0) is 14.9 Å². The quantitative estimate of drug-likeness (QED) is 0.272. The fourth-order valence-corrected chi connectivity index (χ4v) is 3.18. The molecule has 1 aliphatic heterocycles. The van der Waals surface area contributed by atoms with Crippen LogP contribution in [0, 0.1) is 5.92 Å². The monoisotopic (exact) mass is 475 g/mol. The second-order valence-corrected chi connectivity index (χ2v) is 7.32. The van der Waals surface area contributed by atoms with Crippen molar-refractivity contribution < 1.29 is 9.47 Å². The summed E-state index contributed by atoms with van der Waals surface area (Å²) in [5, 5.41) is 3.56. The van der Waals surface area contributed by atoms with E-state index in [1.165, 1.54) is 5.56 Å². The third-order valence-electron chi connectivity index (χ3n) is 4.83. The zero-order valence-corrected chi connectivity index (χ0v) is 18.9. The molecule has 5 nitrogen and oxygen atoms in total. The second-order valence-electron chi connectivity index (χ2n) is 7.32. The molecule has 1 N–H and O–H groups in total. The number of hydrogen-bond acceptors (Lipinski definition) is 3. The van der Waals surface area contributed by atoms with Gasteiger partial charge in [0.1, 0.15) is 0 Å². The first-order chi connectivity index (χ1) is 12.1. The molecule has 1 unspecified atom stereocenters. The highest BCUT2D eigenvalue weighted by atomic mass is 127. The van der Waals surface area contributed by atoms with Crippen LogP contribution in [-0.4, -0.2) is 64.5 Å². The van der Waals surface area contributed by atoms with E-state index in [4.69, 9.17) is 9.47 Å². The molecule has 1 aromatic carbocycles. The summed E-state index contributed by atoms with van der Waals surface area (Å²) in [5.41, 5.74) is 1.39. The van der Waals surface area contributed by atoms with Gasteiger partial charge in [0.15, 0.2) is 5.96 Å². The van der Waals surface area contributed by atoms with Gasteiger partial charge in [0, 0.05) is 45.1 Å². The van der Waals surface area contributed by atoms with Gasteiger partial charge in [0.05, 0.1) is 19.8 Å². The number of halogens is 1. The zero-order chi connectivity index (χ0) is 18.1. The van der Waals surface area contributed by atoms with Gasteiger partial charge in [-0.15, -0.1) is 24.0 Å². The summed E-state index contributed by atoms with van der Waals surface area (Å²) < 4.78 is 10.7. The Morgan fingerprint density at radius 2 is 2.00 bits per heavy atom. The maximum atomic E-state index is 5.68. The number of methoxy groups -OCH3 is 1. The average Bonchev–Trinajstić information content (AvgIpc) is 3.09. The van der Waals surface area contributed by atoms with Crippen molar-refractivity contribution in [3.05, 3.63) is 35.9 Å². The van der Waals surface area contributed by atoms with Gasteiger partial charge in [-0.3, -0.25) is 4.99 Å². The van der Waals surface area contributed by atoms with Gasteiger partial charge in [0.25, 0.3) is 0 Å². The van der Waals surface area contributed by atoms with Crippen LogP contribution in [0.2, 0.25) is 0 Å².